The first-order chi connectivity index (χ1) is 9.90. The number of benzene rings is 1. The fourth-order valence-corrected chi connectivity index (χ4v) is 2.47. The molecule has 1 atom stereocenters. The van der Waals surface area contributed by atoms with E-state index in [4.69, 9.17) is 5.73 Å². The average Bonchev–Trinajstić information content (AvgIpc) is 2.46. The first-order valence-corrected chi connectivity index (χ1v) is 6.37. The molecule has 1 fully saturated rings. The summed E-state index contributed by atoms with van der Waals surface area (Å²) in [4.78, 5) is 33.4. The third-order valence-electron chi connectivity index (χ3n) is 3.53. The van der Waals surface area contributed by atoms with Gasteiger partial charge < -0.3 is 10.6 Å². The number of nitro groups is 2. The maximum atomic E-state index is 11.3. The SMILES string of the molecule is NC(=O)C1CCCN(c2ccc([N+](=O)[O-])cc2[N+](=O)[O-])C1. The molecule has 0 bridgehead atoms. The van der Waals surface area contributed by atoms with E-state index in [1.807, 2.05) is 0 Å². The molecule has 0 aromatic heterocycles. The molecule has 0 radical (unpaired) electrons. The van der Waals surface area contributed by atoms with Gasteiger partial charge in [0.05, 0.1) is 21.8 Å². The second-order valence-electron chi connectivity index (χ2n) is 4.87. The van der Waals surface area contributed by atoms with Crippen LogP contribution in [-0.4, -0.2) is 28.8 Å². The maximum Gasteiger partial charge on any atom is 0.299 e. The third-order valence-corrected chi connectivity index (χ3v) is 3.53. The van der Waals surface area contributed by atoms with Crippen molar-refractivity contribution in [3.05, 3.63) is 38.4 Å². The lowest BCUT2D eigenvalue weighted by Crippen LogP contribution is -2.41. The van der Waals surface area contributed by atoms with Crippen LogP contribution in [0.3, 0.4) is 0 Å². The third kappa shape index (κ3) is 3.07. The number of rotatable bonds is 4. The zero-order chi connectivity index (χ0) is 15.6. The Bertz CT molecular complexity index is 603. The number of non-ortho nitro benzene ring substituents is 1. The van der Waals surface area contributed by atoms with Crippen molar-refractivity contribution in [1.29, 1.82) is 0 Å². The van der Waals surface area contributed by atoms with Crippen LogP contribution in [0.1, 0.15) is 12.8 Å². The Morgan fingerprint density at radius 3 is 2.57 bits per heavy atom. The van der Waals surface area contributed by atoms with Crippen molar-refractivity contribution in [2.24, 2.45) is 11.7 Å². The van der Waals surface area contributed by atoms with Gasteiger partial charge in [0.1, 0.15) is 5.69 Å². The van der Waals surface area contributed by atoms with Crippen LogP contribution in [0, 0.1) is 26.1 Å². The molecule has 1 amide bonds. The van der Waals surface area contributed by atoms with E-state index in [0.717, 1.165) is 6.07 Å². The van der Waals surface area contributed by atoms with Crippen molar-refractivity contribution in [1.82, 2.24) is 0 Å². The lowest BCUT2D eigenvalue weighted by atomic mass is 9.97. The number of hydrogen-bond acceptors (Lipinski definition) is 6. The van der Waals surface area contributed by atoms with E-state index in [-0.39, 0.29) is 29.5 Å². The number of carbonyl (C=O) groups excluding carboxylic acids is 1. The Kier molecular flexibility index (Phi) is 4.01. The number of nitro benzene ring substituents is 2. The Morgan fingerprint density at radius 2 is 2.00 bits per heavy atom. The van der Waals surface area contributed by atoms with Gasteiger partial charge in [0.15, 0.2) is 0 Å². The molecule has 2 rings (SSSR count). The summed E-state index contributed by atoms with van der Waals surface area (Å²) < 4.78 is 0. The van der Waals surface area contributed by atoms with Gasteiger partial charge in [-0.1, -0.05) is 0 Å². The highest BCUT2D eigenvalue weighted by molar-refractivity contribution is 5.78. The normalized spacial score (nSPS) is 18.3. The van der Waals surface area contributed by atoms with Crippen LogP contribution in [0.15, 0.2) is 18.2 Å². The molecule has 2 N–H and O–H groups in total. The Morgan fingerprint density at radius 1 is 1.29 bits per heavy atom. The Balaban J connectivity index is 2.36. The first-order valence-electron chi connectivity index (χ1n) is 6.37. The predicted octanol–water partition coefficient (Wildman–Crippen LogP) is 1.20. The van der Waals surface area contributed by atoms with Crippen LogP contribution in [0.25, 0.3) is 0 Å². The second-order valence-corrected chi connectivity index (χ2v) is 4.87. The van der Waals surface area contributed by atoms with Crippen molar-refractivity contribution < 1.29 is 14.6 Å². The average molecular weight is 294 g/mol. The lowest BCUT2D eigenvalue weighted by molar-refractivity contribution is -0.393. The van der Waals surface area contributed by atoms with E-state index < -0.39 is 15.8 Å². The number of carbonyl (C=O) groups is 1. The summed E-state index contributed by atoms with van der Waals surface area (Å²) in [5.74, 6) is -0.808. The van der Waals surface area contributed by atoms with E-state index >= 15 is 0 Å². The van der Waals surface area contributed by atoms with Crippen molar-refractivity contribution in [2.45, 2.75) is 12.8 Å². The molecule has 112 valence electrons. The van der Waals surface area contributed by atoms with Crippen molar-refractivity contribution in [2.75, 3.05) is 18.0 Å². The molecule has 1 unspecified atom stereocenters. The highest BCUT2D eigenvalue weighted by Crippen LogP contribution is 2.34. The molecule has 9 heteroatoms. The monoisotopic (exact) mass is 294 g/mol. The first kappa shape index (κ1) is 14.7. The van der Waals surface area contributed by atoms with Crippen LogP contribution in [0.2, 0.25) is 0 Å². The van der Waals surface area contributed by atoms with Crippen LogP contribution in [0.4, 0.5) is 17.1 Å². The molecule has 1 heterocycles. The minimum absolute atomic E-state index is 0.275. The number of nitrogens with zero attached hydrogens (tertiary/aromatic N) is 3. The van der Waals surface area contributed by atoms with Gasteiger partial charge in [-0.2, -0.15) is 0 Å². The molecular formula is C12H14N4O5. The minimum Gasteiger partial charge on any atom is -0.369 e. The van der Waals surface area contributed by atoms with Crippen LogP contribution >= 0.6 is 0 Å². The number of piperidine rings is 1. The predicted molar refractivity (Wildman–Crippen MR) is 73.9 cm³/mol. The van der Waals surface area contributed by atoms with E-state index in [1.165, 1.54) is 12.1 Å². The van der Waals surface area contributed by atoms with Gasteiger partial charge in [0.2, 0.25) is 5.91 Å². The standard InChI is InChI=1S/C12H14N4O5/c13-12(17)8-2-1-5-14(7-8)10-4-3-9(15(18)19)6-11(10)16(20)21/h3-4,6,8H,1-2,5,7H2,(H2,13,17). The molecule has 1 aromatic rings. The zero-order valence-electron chi connectivity index (χ0n) is 11.1. The Hall–Kier alpha value is -2.71. The molecule has 0 aliphatic carbocycles. The molecule has 1 aliphatic heterocycles. The van der Waals surface area contributed by atoms with Crippen LogP contribution in [0.5, 0.6) is 0 Å². The number of nitrogens with two attached hydrogens (primary N) is 1. The molecule has 0 spiro atoms. The lowest BCUT2D eigenvalue weighted by Gasteiger charge is -2.32. The molecule has 0 saturated carbocycles. The number of hydrogen-bond donors (Lipinski definition) is 1. The summed E-state index contributed by atoms with van der Waals surface area (Å²) in [6.07, 6.45) is 1.33. The quantitative estimate of drug-likeness (QED) is 0.655. The van der Waals surface area contributed by atoms with E-state index in [2.05, 4.69) is 0 Å². The molecule has 9 nitrogen and oxygen atoms in total. The number of amides is 1. The maximum absolute atomic E-state index is 11.3. The number of primary amides is 1. The van der Waals surface area contributed by atoms with Gasteiger partial charge in [0.25, 0.3) is 11.4 Å². The van der Waals surface area contributed by atoms with Crippen molar-refractivity contribution in [3.63, 3.8) is 0 Å². The molecule has 1 aliphatic rings. The highest BCUT2D eigenvalue weighted by atomic mass is 16.6. The minimum atomic E-state index is -0.681. The summed E-state index contributed by atoms with van der Waals surface area (Å²) in [6.45, 7) is 0.830. The molecular weight excluding hydrogens is 280 g/mol. The summed E-state index contributed by atoms with van der Waals surface area (Å²) in [5, 5.41) is 21.8. The highest BCUT2D eigenvalue weighted by Gasteiger charge is 2.29. The summed E-state index contributed by atoms with van der Waals surface area (Å²) >= 11 is 0. The summed E-state index contributed by atoms with van der Waals surface area (Å²) in [5.41, 5.74) is 4.88. The van der Waals surface area contributed by atoms with Gasteiger partial charge in [-0.3, -0.25) is 25.0 Å². The van der Waals surface area contributed by atoms with Gasteiger partial charge in [0, 0.05) is 19.2 Å². The van der Waals surface area contributed by atoms with Gasteiger partial charge >= 0.3 is 0 Å². The molecule has 21 heavy (non-hydrogen) atoms. The molecule has 1 saturated heterocycles. The second kappa shape index (κ2) is 5.73. The van der Waals surface area contributed by atoms with Crippen LogP contribution in [-0.2, 0) is 4.79 Å². The van der Waals surface area contributed by atoms with E-state index in [0.29, 0.717) is 19.4 Å². The fraction of sp³-hybridized carbons (Fsp3) is 0.417. The van der Waals surface area contributed by atoms with E-state index in [9.17, 15) is 25.0 Å². The Labute approximate surface area is 119 Å². The number of anilines is 1. The summed E-state index contributed by atoms with van der Waals surface area (Å²) in [6, 6.07) is 3.50. The topological polar surface area (TPSA) is 133 Å². The van der Waals surface area contributed by atoms with Gasteiger partial charge in [-0.05, 0) is 18.9 Å². The summed E-state index contributed by atoms with van der Waals surface area (Å²) in [7, 11) is 0. The van der Waals surface area contributed by atoms with Gasteiger partial charge in [-0.25, -0.2) is 0 Å². The van der Waals surface area contributed by atoms with E-state index in [1.54, 1.807) is 4.90 Å². The van der Waals surface area contributed by atoms with Crippen LogP contribution < -0.4 is 10.6 Å². The largest absolute Gasteiger partial charge is 0.369 e. The van der Waals surface area contributed by atoms with Crippen molar-refractivity contribution in [3.8, 4) is 0 Å². The van der Waals surface area contributed by atoms with Gasteiger partial charge in [-0.15, -0.1) is 0 Å². The van der Waals surface area contributed by atoms with Crippen molar-refractivity contribution >= 4 is 23.0 Å². The smallest absolute Gasteiger partial charge is 0.299 e. The molecule has 1 aromatic carbocycles. The fourth-order valence-electron chi connectivity index (χ4n) is 2.47. The zero-order valence-corrected chi connectivity index (χ0v) is 11.1.